The molecule has 0 saturated heterocycles. The van der Waals surface area contributed by atoms with E-state index in [9.17, 15) is 9.90 Å². The van der Waals surface area contributed by atoms with Crippen LogP contribution in [0, 0.1) is 11.3 Å². The van der Waals surface area contributed by atoms with E-state index in [1.807, 2.05) is 18.2 Å². The molecule has 0 heterocycles. The Bertz CT molecular complexity index is 602. The van der Waals surface area contributed by atoms with Gasteiger partial charge in [-0.25, -0.2) is 0 Å². The number of nitrogens with one attached hydrogen (secondary N) is 1. The van der Waals surface area contributed by atoms with Gasteiger partial charge in [0.2, 0.25) is 0 Å². The number of hydrogen-bond acceptors (Lipinski definition) is 3. The minimum absolute atomic E-state index is 0.0459. The molecule has 0 aromatic heterocycles. The summed E-state index contributed by atoms with van der Waals surface area (Å²) < 4.78 is 5.88. The lowest BCUT2D eigenvalue weighted by Gasteiger charge is -2.47. The van der Waals surface area contributed by atoms with E-state index in [0.29, 0.717) is 12.5 Å². The van der Waals surface area contributed by atoms with Gasteiger partial charge >= 0.3 is 0 Å². The molecule has 0 radical (unpaired) electrons. The SMILES string of the molecule is C[C@@H](Oc1cccc(C(C)(C)C)c1)C(=O)NCC1([C@@H](C)CCO)CCC1. The number of hydrogen-bond donors (Lipinski definition) is 2. The van der Waals surface area contributed by atoms with Gasteiger partial charge in [-0.1, -0.05) is 46.2 Å². The lowest BCUT2D eigenvalue weighted by Crippen LogP contribution is -2.49. The molecule has 1 amide bonds. The van der Waals surface area contributed by atoms with Crippen molar-refractivity contribution >= 4 is 5.91 Å². The summed E-state index contributed by atoms with van der Waals surface area (Å²) in [6, 6.07) is 7.97. The number of amides is 1. The summed E-state index contributed by atoms with van der Waals surface area (Å²) in [5.74, 6) is 1.07. The summed E-state index contributed by atoms with van der Waals surface area (Å²) in [7, 11) is 0. The maximum atomic E-state index is 12.5. The van der Waals surface area contributed by atoms with E-state index in [2.05, 4.69) is 39.1 Å². The predicted octanol–water partition coefficient (Wildman–Crippen LogP) is 4.06. The normalized spacial score (nSPS) is 18.5. The van der Waals surface area contributed by atoms with Crippen LogP contribution in [0.4, 0.5) is 0 Å². The van der Waals surface area contributed by atoms with Gasteiger partial charge in [0.1, 0.15) is 5.75 Å². The minimum atomic E-state index is -0.532. The molecule has 1 fully saturated rings. The van der Waals surface area contributed by atoms with Crippen molar-refractivity contribution in [2.75, 3.05) is 13.2 Å². The lowest BCUT2D eigenvalue weighted by atomic mass is 9.60. The molecule has 0 unspecified atom stereocenters. The number of rotatable bonds is 8. The third kappa shape index (κ3) is 5.00. The Kier molecular flexibility index (Phi) is 6.73. The third-order valence-electron chi connectivity index (χ3n) is 5.95. The maximum absolute atomic E-state index is 12.5. The fourth-order valence-corrected chi connectivity index (χ4v) is 3.67. The van der Waals surface area contributed by atoms with Gasteiger partial charge in [-0.15, -0.1) is 0 Å². The van der Waals surface area contributed by atoms with Crippen molar-refractivity contribution in [3.63, 3.8) is 0 Å². The zero-order valence-electron chi connectivity index (χ0n) is 17.0. The molecule has 0 spiro atoms. The van der Waals surface area contributed by atoms with E-state index < -0.39 is 6.10 Å². The lowest BCUT2D eigenvalue weighted by molar-refractivity contribution is -0.128. The average molecular weight is 362 g/mol. The van der Waals surface area contributed by atoms with Crippen LogP contribution in [-0.4, -0.2) is 30.3 Å². The minimum Gasteiger partial charge on any atom is -0.481 e. The quantitative estimate of drug-likeness (QED) is 0.734. The van der Waals surface area contributed by atoms with E-state index >= 15 is 0 Å². The topological polar surface area (TPSA) is 58.6 Å². The van der Waals surface area contributed by atoms with E-state index in [4.69, 9.17) is 4.74 Å². The van der Waals surface area contributed by atoms with Crippen molar-refractivity contribution < 1.29 is 14.6 Å². The van der Waals surface area contributed by atoms with Crippen LogP contribution >= 0.6 is 0 Å². The Hall–Kier alpha value is -1.55. The second kappa shape index (κ2) is 8.43. The number of ether oxygens (including phenoxy) is 1. The molecule has 0 aliphatic heterocycles. The molecular formula is C22H35NO3. The summed E-state index contributed by atoms with van der Waals surface area (Å²) in [5, 5.41) is 12.3. The highest BCUT2D eigenvalue weighted by atomic mass is 16.5. The smallest absolute Gasteiger partial charge is 0.260 e. The number of carbonyl (C=O) groups excluding carboxylic acids is 1. The summed E-state index contributed by atoms with van der Waals surface area (Å²) in [6.45, 7) is 11.3. The first kappa shape index (κ1) is 20.8. The Balaban J connectivity index is 1.92. The van der Waals surface area contributed by atoms with Crippen molar-refractivity contribution in [2.24, 2.45) is 11.3 Å². The highest BCUT2D eigenvalue weighted by Gasteiger charge is 2.41. The molecule has 1 aliphatic rings. The van der Waals surface area contributed by atoms with Gasteiger partial charge in [0.05, 0.1) is 0 Å². The highest BCUT2D eigenvalue weighted by Crippen LogP contribution is 2.47. The molecular weight excluding hydrogens is 326 g/mol. The van der Waals surface area contributed by atoms with Crippen LogP contribution in [0.5, 0.6) is 5.75 Å². The van der Waals surface area contributed by atoms with Crippen molar-refractivity contribution in [3.05, 3.63) is 29.8 Å². The van der Waals surface area contributed by atoms with Gasteiger partial charge < -0.3 is 15.2 Å². The van der Waals surface area contributed by atoms with Gasteiger partial charge in [-0.3, -0.25) is 4.79 Å². The van der Waals surface area contributed by atoms with Crippen LogP contribution in [-0.2, 0) is 10.2 Å². The molecule has 0 bridgehead atoms. The first-order valence-electron chi connectivity index (χ1n) is 9.84. The standard InChI is InChI=1S/C22H35NO3/c1-16(10-13-24)22(11-7-12-22)15-23-20(25)17(2)26-19-9-6-8-18(14-19)21(3,4)5/h6,8-9,14,16-17,24H,7,10-13,15H2,1-5H3,(H,23,25)/t16-,17+/m0/s1. The summed E-state index contributed by atoms with van der Waals surface area (Å²) >= 11 is 0. The van der Waals surface area contributed by atoms with Crippen molar-refractivity contribution in [2.45, 2.75) is 71.8 Å². The Morgan fingerprint density at radius 3 is 2.54 bits per heavy atom. The van der Waals surface area contributed by atoms with Gasteiger partial charge in [0.15, 0.2) is 6.10 Å². The van der Waals surface area contributed by atoms with Crippen molar-refractivity contribution in [3.8, 4) is 5.75 Å². The Labute approximate surface area is 158 Å². The molecule has 146 valence electrons. The molecule has 2 N–H and O–H groups in total. The number of carbonyl (C=O) groups is 1. The van der Waals surface area contributed by atoms with Crippen LogP contribution in [0.25, 0.3) is 0 Å². The largest absolute Gasteiger partial charge is 0.481 e. The Morgan fingerprint density at radius 1 is 1.31 bits per heavy atom. The molecule has 4 heteroatoms. The van der Waals surface area contributed by atoms with Crippen LogP contribution in [0.15, 0.2) is 24.3 Å². The zero-order chi connectivity index (χ0) is 19.4. The molecule has 1 aromatic carbocycles. The van der Waals surface area contributed by atoms with E-state index in [0.717, 1.165) is 25.0 Å². The van der Waals surface area contributed by atoms with Gasteiger partial charge in [-0.05, 0) is 60.6 Å². The third-order valence-corrected chi connectivity index (χ3v) is 5.95. The average Bonchev–Trinajstić information content (AvgIpc) is 2.53. The molecule has 2 atom stereocenters. The van der Waals surface area contributed by atoms with Crippen LogP contribution in [0.1, 0.15) is 65.9 Å². The highest BCUT2D eigenvalue weighted by molar-refractivity contribution is 5.80. The van der Waals surface area contributed by atoms with E-state index in [-0.39, 0.29) is 23.3 Å². The molecule has 1 aromatic rings. The van der Waals surface area contributed by atoms with Crippen LogP contribution in [0.2, 0.25) is 0 Å². The molecule has 1 saturated carbocycles. The van der Waals surface area contributed by atoms with E-state index in [1.165, 1.54) is 12.0 Å². The van der Waals surface area contributed by atoms with Crippen LogP contribution < -0.4 is 10.1 Å². The van der Waals surface area contributed by atoms with Gasteiger partial charge in [0.25, 0.3) is 5.91 Å². The monoisotopic (exact) mass is 361 g/mol. The number of aliphatic hydroxyl groups is 1. The van der Waals surface area contributed by atoms with Gasteiger partial charge in [-0.2, -0.15) is 0 Å². The molecule has 2 rings (SSSR count). The summed E-state index contributed by atoms with van der Waals surface area (Å²) in [5.41, 5.74) is 1.38. The number of aliphatic hydroxyl groups excluding tert-OH is 1. The second-order valence-electron chi connectivity index (χ2n) is 8.88. The second-order valence-corrected chi connectivity index (χ2v) is 8.88. The van der Waals surface area contributed by atoms with Gasteiger partial charge in [0, 0.05) is 13.2 Å². The van der Waals surface area contributed by atoms with E-state index in [1.54, 1.807) is 6.92 Å². The van der Waals surface area contributed by atoms with Crippen molar-refractivity contribution in [1.82, 2.24) is 5.32 Å². The predicted molar refractivity (Wildman–Crippen MR) is 105 cm³/mol. The van der Waals surface area contributed by atoms with Crippen molar-refractivity contribution in [1.29, 1.82) is 0 Å². The van der Waals surface area contributed by atoms with Crippen LogP contribution in [0.3, 0.4) is 0 Å². The summed E-state index contributed by atoms with van der Waals surface area (Å²) in [6.07, 6.45) is 3.71. The molecule has 1 aliphatic carbocycles. The fraction of sp³-hybridized carbons (Fsp3) is 0.682. The Morgan fingerprint density at radius 2 is 2.00 bits per heavy atom. The number of benzene rings is 1. The summed E-state index contributed by atoms with van der Waals surface area (Å²) in [4.78, 5) is 12.5. The first-order valence-corrected chi connectivity index (χ1v) is 9.84. The first-order chi connectivity index (χ1) is 12.2. The maximum Gasteiger partial charge on any atom is 0.260 e. The molecule has 4 nitrogen and oxygen atoms in total. The molecule has 26 heavy (non-hydrogen) atoms. The fourth-order valence-electron chi connectivity index (χ4n) is 3.67. The zero-order valence-corrected chi connectivity index (χ0v) is 17.0.